The molecule has 0 fully saturated rings. The predicted molar refractivity (Wildman–Crippen MR) is 135 cm³/mol. The number of rotatable bonds is 9. The normalized spacial score (nSPS) is 11.8. The van der Waals surface area contributed by atoms with Crippen molar-refractivity contribution < 1.29 is 14.7 Å². The van der Waals surface area contributed by atoms with E-state index in [1.54, 1.807) is 0 Å². The van der Waals surface area contributed by atoms with Crippen LogP contribution in [0.3, 0.4) is 0 Å². The molecule has 1 amide bonds. The lowest BCUT2D eigenvalue weighted by Crippen LogP contribution is -2.26. The van der Waals surface area contributed by atoms with Gasteiger partial charge in [-0.25, -0.2) is 4.98 Å². The van der Waals surface area contributed by atoms with E-state index < -0.39 is 5.97 Å². The molecular formula is C29H28N2O3. The van der Waals surface area contributed by atoms with E-state index in [4.69, 9.17) is 10.1 Å². The van der Waals surface area contributed by atoms with Gasteiger partial charge in [-0.05, 0) is 61.6 Å². The summed E-state index contributed by atoms with van der Waals surface area (Å²) in [6.45, 7) is 1.97. The maximum Gasteiger partial charge on any atom is 0.303 e. The molecule has 34 heavy (non-hydrogen) atoms. The maximum absolute atomic E-state index is 12.9. The number of nitrogens with zero attached hydrogens (tertiary/aromatic N) is 1. The summed E-state index contributed by atoms with van der Waals surface area (Å²) >= 11 is 0. The SMILES string of the molecule is C[C@@H](NC(=O)c1ccc2nc(-c3ccccc3)c(CCCCC(=O)O)cc2c1)c1ccccc1. The molecule has 0 radical (unpaired) electrons. The summed E-state index contributed by atoms with van der Waals surface area (Å²) in [5.74, 6) is -0.909. The van der Waals surface area contributed by atoms with Gasteiger partial charge in [0.25, 0.3) is 5.91 Å². The van der Waals surface area contributed by atoms with E-state index in [-0.39, 0.29) is 18.4 Å². The fourth-order valence-corrected chi connectivity index (χ4v) is 4.09. The van der Waals surface area contributed by atoms with Gasteiger partial charge in [0.05, 0.1) is 17.3 Å². The highest BCUT2D eigenvalue weighted by molar-refractivity contribution is 5.98. The van der Waals surface area contributed by atoms with Gasteiger partial charge in [0, 0.05) is 22.9 Å². The number of aromatic nitrogens is 1. The zero-order valence-electron chi connectivity index (χ0n) is 19.2. The van der Waals surface area contributed by atoms with Crippen LogP contribution in [0.4, 0.5) is 0 Å². The number of aliphatic carboxylic acids is 1. The van der Waals surface area contributed by atoms with Gasteiger partial charge < -0.3 is 10.4 Å². The molecule has 4 rings (SSSR count). The molecule has 1 atom stereocenters. The van der Waals surface area contributed by atoms with Crippen molar-refractivity contribution in [3.63, 3.8) is 0 Å². The van der Waals surface area contributed by atoms with Crippen molar-refractivity contribution >= 4 is 22.8 Å². The number of amides is 1. The number of carbonyl (C=O) groups is 2. The van der Waals surface area contributed by atoms with Gasteiger partial charge in [-0.3, -0.25) is 9.59 Å². The number of carboxylic acid groups (broad SMARTS) is 1. The molecule has 5 nitrogen and oxygen atoms in total. The van der Waals surface area contributed by atoms with Crippen LogP contribution in [-0.2, 0) is 11.2 Å². The number of benzene rings is 3. The summed E-state index contributed by atoms with van der Waals surface area (Å²) in [5, 5.41) is 12.9. The second kappa shape index (κ2) is 10.8. The van der Waals surface area contributed by atoms with Crippen molar-refractivity contribution in [2.24, 2.45) is 0 Å². The summed E-state index contributed by atoms with van der Waals surface area (Å²) < 4.78 is 0. The first-order valence-corrected chi connectivity index (χ1v) is 11.6. The highest BCUT2D eigenvalue weighted by Gasteiger charge is 2.14. The van der Waals surface area contributed by atoms with Crippen LogP contribution < -0.4 is 5.32 Å². The van der Waals surface area contributed by atoms with Gasteiger partial charge in [-0.1, -0.05) is 60.7 Å². The van der Waals surface area contributed by atoms with E-state index in [1.165, 1.54) is 0 Å². The Hall–Kier alpha value is -3.99. The number of nitrogens with one attached hydrogen (secondary N) is 1. The van der Waals surface area contributed by atoms with Crippen LogP contribution in [0.5, 0.6) is 0 Å². The van der Waals surface area contributed by atoms with E-state index in [2.05, 4.69) is 11.4 Å². The Bertz CT molecular complexity index is 1290. The minimum Gasteiger partial charge on any atom is -0.481 e. The van der Waals surface area contributed by atoms with Crippen LogP contribution in [0.2, 0.25) is 0 Å². The molecule has 3 aromatic carbocycles. The summed E-state index contributed by atoms with van der Waals surface area (Å²) in [7, 11) is 0. The van der Waals surface area contributed by atoms with E-state index >= 15 is 0 Å². The minimum atomic E-state index is -0.777. The smallest absolute Gasteiger partial charge is 0.303 e. The zero-order valence-corrected chi connectivity index (χ0v) is 19.2. The molecular weight excluding hydrogens is 424 g/mol. The summed E-state index contributed by atoms with van der Waals surface area (Å²) in [6, 6.07) is 27.4. The lowest BCUT2D eigenvalue weighted by molar-refractivity contribution is -0.137. The molecule has 4 aromatic rings. The number of hydrogen-bond acceptors (Lipinski definition) is 3. The van der Waals surface area contributed by atoms with Crippen LogP contribution in [0.15, 0.2) is 84.9 Å². The van der Waals surface area contributed by atoms with Crippen LogP contribution >= 0.6 is 0 Å². The first kappa shape index (κ1) is 23.2. The molecule has 0 aliphatic heterocycles. The Morgan fingerprint density at radius 2 is 1.62 bits per heavy atom. The van der Waals surface area contributed by atoms with Crippen molar-refractivity contribution in [2.75, 3.05) is 0 Å². The van der Waals surface area contributed by atoms with Crippen LogP contribution in [0, 0.1) is 0 Å². The molecule has 0 saturated heterocycles. The lowest BCUT2D eigenvalue weighted by atomic mass is 9.98. The highest BCUT2D eigenvalue weighted by atomic mass is 16.4. The molecule has 0 saturated carbocycles. The first-order valence-electron chi connectivity index (χ1n) is 11.6. The number of hydrogen-bond donors (Lipinski definition) is 2. The second-order valence-corrected chi connectivity index (χ2v) is 8.48. The summed E-state index contributed by atoms with van der Waals surface area (Å²) in [4.78, 5) is 28.7. The van der Waals surface area contributed by atoms with Crippen molar-refractivity contribution in [2.45, 2.75) is 38.6 Å². The van der Waals surface area contributed by atoms with Crippen molar-refractivity contribution in [1.82, 2.24) is 10.3 Å². The summed E-state index contributed by atoms with van der Waals surface area (Å²) in [6.07, 6.45) is 2.25. The average Bonchev–Trinajstić information content (AvgIpc) is 2.86. The fraction of sp³-hybridized carbons (Fsp3) is 0.207. The van der Waals surface area contributed by atoms with Crippen molar-refractivity contribution in [3.8, 4) is 11.3 Å². The third-order valence-electron chi connectivity index (χ3n) is 5.94. The van der Waals surface area contributed by atoms with Gasteiger partial charge >= 0.3 is 5.97 Å². The number of aryl methyl sites for hydroxylation is 1. The molecule has 1 heterocycles. The van der Waals surface area contributed by atoms with Crippen LogP contribution in [0.25, 0.3) is 22.2 Å². The van der Waals surface area contributed by atoms with Crippen molar-refractivity contribution in [3.05, 3.63) is 102 Å². The molecule has 5 heteroatoms. The predicted octanol–water partition coefficient (Wildman–Crippen LogP) is 6.19. The van der Waals surface area contributed by atoms with E-state index in [1.807, 2.05) is 85.8 Å². The molecule has 172 valence electrons. The number of carboxylic acids is 1. The Labute approximate surface area is 199 Å². The molecule has 1 aromatic heterocycles. The first-order chi connectivity index (χ1) is 16.5. The molecule has 2 N–H and O–H groups in total. The number of pyridine rings is 1. The lowest BCUT2D eigenvalue weighted by Gasteiger charge is -2.15. The number of carbonyl (C=O) groups excluding carboxylic acids is 1. The monoisotopic (exact) mass is 452 g/mol. The standard InChI is InChI=1S/C29H28N2O3/c1-20(21-10-4-2-5-11-21)30-29(34)24-16-17-26-25(19-24)18-23(14-8-9-15-27(32)33)28(31-26)22-12-6-3-7-13-22/h2-7,10-13,16-20H,8-9,14-15H2,1H3,(H,30,34)(H,32,33)/t20-/m1/s1. The number of unbranched alkanes of at least 4 members (excludes halogenated alkanes) is 1. The zero-order chi connectivity index (χ0) is 23.9. The van der Waals surface area contributed by atoms with E-state index in [0.29, 0.717) is 12.0 Å². The Kier molecular flexibility index (Phi) is 7.33. The van der Waals surface area contributed by atoms with Gasteiger partial charge in [-0.15, -0.1) is 0 Å². The maximum atomic E-state index is 12.9. The second-order valence-electron chi connectivity index (χ2n) is 8.48. The Morgan fingerprint density at radius 3 is 2.32 bits per heavy atom. The molecule has 0 spiro atoms. The molecule has 0 aliphatic carbocycles. The van der Waals surface area contributed by atoms with Gasteiger partial charge in [0.1, 0.15) is 0 Å². The van der Waals surface area contributed by atoms with Crippen LogP contribution in [0.1, 0.15) is 53.7 Å². The summed E-state index contributed by atoms with van der Waals surface area (Å²) in [5.41, 5.74) is 5.44. The van der Waals surface area contributed by atoms with Gasteiger partial charge in [-0.2, -0.15) is 0 Å². The van der Waals surface area contributed by atoms with E-state index in [9.17, 15) is 9.59 Å². The van der Waals surface area contributed by atoms with Gasteiger partial charge in [0.2, 0.25) is 0 Å². The van der Waals surface area contributed by atoms with E-state index in [0.717, 1.165) is 46.1 Å². The van der Waals surface area contributed by atoms with Crippen molar-refractivity contribution in [1.29, 1.82) is 0 Å². The molecule has 0 bridgehead atoms. The number of fused-ring (bicyclic) bond motifs is 1. The highest BCUT2D eigenvalue weighted by Crippen LogP contribution is 2.28. The fourth-order valence-electron chi connectivity index (χ4n) is 4.09. The third-order valence-corrected chi connectivity index (χ3v) is 5.94. The minimum absolute atomic E-state index is 0.104. The topological polar surface area (TPSA) is 79.3 Å². The molecule has 0 unspecified atom stereocenters. The largest absolute Gasteiger partial charge is 0.481 e. The third kappa shape index (κ3) is 5.67. The Balaban J connectivity index is 1.62. The average molecular weight is 453 g/mol. The Morgan fingerprint density at radius 1 is 0.912 bits per heavy atom. The molecule has 0 aliphatic rings. The van der Waals surface area contributed by atoms with Crippen LogP contribution in [-0.4, -0.2) is 22.0 Å². The van der Waals surface area contributed by atoms with Gasteiger partial charge in [0.15, 0.2) is 0 Å². The quantitative estimate of drug-likeness (QED) is 0.297.